The van der Waals surface area contributed by atoms with Crippen molar-refractivity contribution in [2.45, 2.75) is 13.8 Å². The molecule has 162 valence electrons. The normalized spacial score (nSPS) is 10.9. The molecule has 0 aliphatic heterocycles. The van der Waals surface area contributed by atoms with Crippen LogP contribution in [0.3, 0.4) is 0 Å². The second-order valence-electron chi connectivity index (χ2n) is 7.68. The number of nitrogens with one attached hydrogen (secondary N) is 1. The van der Waals surface area contributed by atoms with E-state index >= 15 is 0 Å². The minimum atomic E-state index is -0.248. The Labute approximate surface area is 187 Å². The third kappa shape index (κ3) is 6.23. The Balaban J connectivity index is 1.72. The van der Waals surface area contributed by atoms with Gasteiger partial charge in [-0.1, -0.05) is 42.5 Å². The number of aryl methyl sites for hydroxylation is 2. The molecule has 3 rings (SSSR count). The third-order valence-electron chi connectivity index (χ3n) is 4.95. The number of benzene rings is 2. The van der Waals surface area contributed by atoms with E-state index in [9.17, 15) is 9.59 Å². The van der Waals surface area contributed by atoms with E-state index in [2.05, 4.69) is 10.3 Å². The highest BCUT2D eigenvalue weighted by atomic mass is 32.1. The fourth-order valence-electron chi connectivity index (χ4n) is 3.05. The van der Waals surface area contributed by atoms with E-state index in [0.717, 1.165) is 21.7 Å². The van der Waals surface area contributed by atoms with Crippen molar-refractivity contribution in [3.8, 4) is 11.1 Å². The number of likely N-dealkylation sites (N-methyl/N-ethyl adjacent to an activating group) is 1. The Morgan fingerprint density at radius 2 is 1.58 bits per heavy atom. The lowest BCUT2D eigenvalue weighted by atomic mass is 10.0. The molecule has 0 aliphatic rings. The summed E-state index contributed by atoms with van der Waals surface area (Å²) in [4.78, 5) is 34.8. The van der Waals surface area contributed by atoms with Crippen LogP contribution < -0.4 is 5.32 Å². The van der Waals surface area contributed by atoms with Gasteiger partial charge in [0, 0.05) is 23.5 Å². The SMILES string of the molecule is Cc1nc(NC(=O)CN(CCN(C)C)C(=O)c2ccc(-c3ccccc3)cc2)sc1C. The zero-order valence-electron chi connectivity index (χ0n) is 18.4. The predicted molar refractivity (Wildman–Crippen MR) is 127 cm³/mol. The molecule has 0 saturated heterocycles. The molecular formula is C24H28N4O2S. The summed E-state index contributed by atoms with van der Waals surface area (Å²) < 4.78 is 0. The van der Waals surface area contributed by atoms with Crippen molar-refractivity contribution in [1.82, 2.24) is 14.8 Å². The number of amides is 2. The third-order valence-corrected chi connectivity index (χ3v) is 5.94. The van der Waals surface area contributed by atoms with E-state index in [1.165, 1.54) is 11.3 Å². The molecule has 0 unspecified atom stereocenters. The molecule has 0 radical (unpaired) electrons. The number of thiazole rings is 1. The highest BCUT2D eigenvalue weighted by Crippen LogP contribution is 2.22. The number of hydrogen-bond donors (Lipinski definition) is 1. The molecule has 0 bridgehead atoms. The van der Waals surface area contributed by atoms with E-state index in [1.54, 1.807) is 4.90 Å². The van der Waals surface area contributed by atoms with Crippen LogP contribution in [0.1, 0.15) is 20.9 Å². The number of carbonyl (C=O) groups is 2. The summed E-state index contributed by atoms with van der Waals surface area (Å²) in [5, 5.41) is 3.38. The van der Waals surface area contributed by atoms with Gasteiger partial charge in [0.1, 0.15) is 6.54 Å². The molecule has 31 heavy (non-hydrogen) atoms. The summed E-state index contributed by atoms with van der Waals surface area (Å²) in [5.74, 6) is -0.412. The second-order valence-corrected chi connectivity index (χ2v) is 8.89. The lowest BCUT2D eigenvalue weighted by Crippen LogP contribution is -2.41. The van der Waals surface area contributed by atoms with E-state index in [4.69, 9.17) is 0 Å². The lowest BCUT2D eigenvalue weighted by molar-refractivity contribution is -0.116. The number of rotatable bonds is 8. The molecule has 0 saturated carbocycles. The van der Waals surface area contributed by atoms with Gasteiger partial charge in [-0.05, 0) is 51.2 Å². The molecular weight excluding hydrogens is 408 g/mol. The van der Waals surface area contributed by atoms with Crippen LogP contribution in [-0.2, 0) is 4.79 Å². The van der Waals surface area contributed by atoms with Crippen LogP contribution in [0, 0.1) is 13.8 Å². The average Bonchev–Trinajstić information content (AvgIpc) is 3.07. The maximum absolute atomic E-state index is 13.2. The average molecular weight is 437 g/mol. The van der Waals surface area contributed by atoms with Gasteiger partial charge in [0.15, 0.2) is 5.13 Å². The van der Waals surface area contributed by atoms with Crippen molar-refractivity contribution >= 4 is 28.3 Å². The molecule has 2 aromatic carbocycles. The fraction of sp³-hybridized carbons (Fsp3) is 0.292. The quantitative estimate of drug-likeness (QED) is 0.578. The highest BCUT2D eigenvalue weighted by Gasteiger charge is 2.20. The zero-order chi connectivity index (χ0) is 22.4. The summed E-state index contributed by atoms with van der Waals surface area (Å²) in [6.07, 6.45) is 0. The minimum absolute atomic E-state index is 0.0230. The fourth-order valence-corrected chi connectivity index (χ4v) is 3.88. The van der Waals surface area contributed by atoms with E-state index in [1.807, 2.05) is 87.4 Å². The summed E-state index contributed by atoms with van der Waals surface area (Å²) in [7, 11) is 3.89. The van der Waals surface area contributed by atoms with Gasteiger partial charge in [0.2, 0.25) is 5.91 Å². The van der Waals surface area contributed by atoms with Gasteiger partial charge >= 0.3 is 0 Å². The number of carbonyl (C=O) groups excluding carboxylic acids is 2. The van der Waals surface area contributed by atoms with Crippen molar-refractivity contribution in [2.24, 2.45) is 0 Å². The number of nitrogens with zero attached hydrogens (tertiary/aromatic N) is 3. The summed E-state index contributed by atoms with van der Waals surface area (Å²) >= 11 is 1.44. The summed E-state index contributed by atoms with van der Waals surface area (Å²) in [5.41, 5.74) is 3.61. The molecule has 0 atom stereocenters. The predicted octanol–water partition coefficient (Wildman–Crippen LogP) is 4.07. The number of aromatic nitrogens is 1. The Hall–Kier alpha value is -3.03. The van der Waals surface area contributed by atoms with Gasteiger partial charge in [0.05, 0.1) is 5.69 Å². The van der Waals surface area contributed by atoms with Gasteiger partial charge in [-0.25, -0.2) is 4.98 Å². The molecule has 2 amide bonds. The van der Waals surface area contributed by atoms with E-state index < -0.39 is 0 Å². The number of hydrogen-bond acceptors (Lipinski definition) is 5. The van der Waals surface area contributed by atoms with Crippen LogP contribution >= 0.6 is 11.3 Å². The van der Waals surface area contributed by atoms with Crippen LogP contribution in [0.25, 0.3) is 11.1 Å². The zero-order valence-corrected chi connectivity index (χ0v) is 19.2. The van der Waals surface area contributed by atoms with Gasteiger partial charge < -0.3 is 15.1 Å². The molecule has 1 N–H and O–H groups in total. The first kappa shape index (κ1) is 22.7. The van der Waals surface area contributed by atoms with Gasteiger partial charge in [-0.2, -0.15) is 0 Å². The molecule has 7 heteroatoms. The molecule has 0 fully saturated rings. The van der Waals surface area contributed by atoms with Crippen LogP contribution in [-0.4, -0.2) is 60.3 Å². The van der Waals surface area contributed by atoms with Crippen LogP contribution in [0.5, 0.6) is 0 Å². The first-order valence-electron chi connectivity index (χ1n) is 10.2. The van der Waals surface area contributed by atoms with Gasteiger partial charge in [0.25, 0.3) is 5.91 Å². The Morgan fingerprint density at radius 1 is 0.935 bits per heavy atom. The molecule has 3 aromatic rings. The summed E-state index contributed by atoms with van der Waals surface area (Å²) in [6, 6.07) is 17.5. The van der Waals surface area contributed by atoms with E-state index in [-0.39, 0.29) is 18.4 Å². The highest BCUT2D eigenvalue weighted by molar-refractivity contribution is 7.15. The van der Waals surface area contributed by atoms with Crippen LogP contribution in [0.4, 0.5) is 5.13 Å². The van der Waals surface area contributed by atoms with Crippen molar-refractivity contribution < 1.29 is 9.59 Å². The Bertz CT molecular complexity index is 1010. The number of anilines is 1. The smallest absolute Gasteiger partial charge is 0.254 e. The maximum Gasteiger partial charge on any atom is 0.254 e. The second kappa shape index (κ2) is 10.3. The lowest BCUT2D eigenvalue weighted by Gasteiger charge is -2.24. The topological polar surface area (TPSA) is 65.5 Å². The molecule has 0 spiro atoms. The van der Waals surface area contributed by atoms with Crippen molar-refractivity contribution in [3.63, 3.8) is 0 Å². The first-order valence-corrected chi connectivity index (χ1v) is 11.0. The van der Waals surface area contributed by atoms with Crippen molar-refractivity contribution in [3.05, 3.63) is 70.7 Å². The largest absolute Gasteiger partial charge is 0.328 e. The monoisotopic (exact) mass is 436 g/mol. The molecule has 1 heterocycles. The Kier molecular flexibility index (Phi) is 7.55. The summed E-state index contributed by atoms with van der Waals surface area (Å²) in [6.45, 7) is 4.97. The molecule has 0 aliphatic carbocycles. The maximum atomic E-state index is 13.2. The van der Waals surface area contributed by atoms with E-state index in [0.29, 0.717) is 23.8 Å². The minimum Gasteiger partial charge on any atom is -0.328 e. The van der Waals surface area contributed by atoms with Crippen molar-refractivity contribution in [2.75, 3.05) is 39.0 Å². The molecule has 1 aromatic heterocycles. The van der Waals surface area contributed by atoms with Gasteiger partial charge in [-0.15, -0.1) is 11.3 Å². The van der Waals surface area contributed by atoms with Crippen LogP contribution in [0.15, 0.2) is 54.6 Å². The van der Waals surface area contributed by atoms with Crippen molar-refractivity contribution in [1.29, 1.82) is 0 Å². The van der Waals surface area contributed by atoms with Gasteiger partial charge in [-0.3, -0.25) is 9.59 Å². The molecule has 6 nitrogen and oxygen atoms in total. The van der Waals surface area contributed by atoms with Crippen LogP contribution in [0.2, 0.25) is 0 Å². The standard InChI is InChI=1S/C24H28N4O2S/c1-17-18(2)31-24(25-17)26-22(29)16-28(15-14-27(3)4)23(30)21-12-10-20(11-13-21)19-8-6-5-7-9-19/h5-13H,14-16H2,1-4H3,(H,25,26,29). The first-order chi connectivity index (χ1) is 14.8. The Morgan fingerprint density at radius 3 is 2.16 bits per heavy atom.